The Balaban J connectivity index is 2.87. The van der Waals surface area contributed by atoms with E-state index >= 15 is 0 Å². The van der Waals surface area contributed by atoms with Gasteiger partial charge in [-0.05, 0) is 31.0 Å². The van der Waals surface area contributed by atoms with Crippen molar-refractivity contribution in [3.63, 3.8) is 0 Å². The maximum absolute atomic E-state index is 12.0. The first-order chi connectivity index (χ1) is 9.31. The number of primary amides is 1. The topological polar surface area (TPSA) is 113 Å². The molecule has 1 aromatic rings. The Morgan fingerprint density at radius 1 is 1.25 bits per heavy atom. The summed E-state index contributed by atoms with van der Waals surface area (Å²) in [5.74, 6) is -2.00. The van der Waals surface area contributed by atoms with Crippen LogP contribution in [0.5, 0.6) is 0 Å². The SMILES string of the molecule is Cc1cccc(NC(=O)N(CC(N)=O)CC(=O)O)c1C. The summed E-state index contributed by atoms with van der Waals surface area (Å²) in [4.78, 5) is 34.4. The first-order valence-electron chi connectivity index (χ1n) is 5.93. The van der Waals surface area contributed by atoms with Gasteiger partial charge in [0.2, 0.25) is 5.91 Å². The Morgan fingerprint density at radius 3 is 2.45 bits per heavy atom. The number of hydrogen-bond acceptors (Lipinski definition) is 3. The summed E-state index contributed by atoms with van der Waals surface area (Å²) in [7, 11) is 0. The summed E-state index contributed by atoms with van der Waals surface area (Å²) >= 11 is 0. The van der Waals surface area contributed by atoms with E-state index in [1.54, 1.807) is 12.1 Å². The summed E-state index contributed by atoms with van der Waals surface area (Å²) in [6.07, 6.45) is 0. The zero-order valence-electron chi connectivity index (χ0n) is 11.3. The molecule has 0 unspecified atom stereocenters. The Kier molecular flexibility index (Phi) is 5.08. The zero-order valence-corrected chi connectivity index (χ0v) is 11.3. The average molecular weight is 279 g/mol. The van der Waals surface area contributed by atoms with Crippen LogP contribution >= 0.6 is 0 Å². The van der Waals surface area contributed by atoms with E-state index in [9.17, 15) is 14.4 Å². The smallest absolute Gasteiger partial charge is 0.323 e. The maximum atomic E-state index is 12.0. The number of urea groups is 1. The number of benzene rings is 1. The lowest BCUT2D eigenvalue weighted by Gasteiger charge is -2.20. The van der Waals surface area contributed by atoms with Crippen LogP contribution in [0.2, 0.25) is 0 Å². The van der Waals surface area contributed by atoms with E-state index in [1.807, 2.05) is 19.9 Å². The van der Waals surface area contributed by atoms with Gasteiger partial charge in [0.05, 0.1) is 0 Å². The highest BCUT2D eigenvalue weighted by atomic mass is 16.4. The van der Waals surface area contributed by atoms with Crippen molar-refractivity contribution in [2.24, 2.45) is 5.73 Å². The van der Waals surface area contributed by atoms with Crippen molar-refractivity contribution < 1.29 is 19.5 Å². The molecular weight excluding hydrogens is 262 g/mol. The van der Waals surface area contributed by atoms with Gasteiger partial charge in [-0.2, -0.15) is 0 Å². The number of rotatable bonds is 5. The van der Waals surface area contributed by atoms with Crippen molar-refractivity contribution in [2.45, 2.75) is 13.8 Å². The molecule has 0 aromatic heterocycles. The van der Waals surface area contributed by atoms with Crippen LogP contribution in [0.1, 0.15) is 11.1 Å². The van der Waals surface area contributed by atoms with Gasteiger partial charge in [0.15, 0.2) is 0 Å². The van der Waals surface area contributed by atoms with Crippen LogP contribution in [-0.2, 0) is 9.59 Å². The largest absolute Gasteiger partial charge is 0.480 e. The van der Waals surface area contributed by atoms with Crippen molar-refractivity contribution in [1.82, 2.24) is 4.90 Å². The molecule has 0 atom stereocenters. The number of hydrogen-bond donors (Lipinski definition) is 3. The fourth-order valence-corrected chi connectivity index (χ4v) is 1.63. The number of aryl methyl sites for hydroxylation is 1. The third kappa shape index (κ3) is 4.27. The molecule has 1 rings (SSSR count). The van der Waals surface area contributed by atoms with Gasteiger partial charge >= 0.3 is 12.0 Å². The lowest BCUT2D eigenvalue weighted by Crippen LogP contribution is -2.43. The molecule has 7 heteroatoms. The van der Waals surface area contributed by atoms with Gasteiger partial charge in [0, 0.05) is 5.69 Å². The average Bonchev–Trinajstić information content (AvgIpc) is 2.33. The van der Waals surface area contributed by atoms with Gasteiger partial charge in [-0.3, -0.25) is 9.59 Å². The van der Waals surface area contributed by atoms with E-state index in [0.717, 1.165) is 16.0 Å². The summed E-state index contributed by atoms with van der Waals surface area (Å²) in [6, 6.07) is 4.68. The van der Waals surface area contributed by atoms with Crippen molar-refractivity contribution in [3.05, 3.63) is 29.3 Å². The maximum Gasteiger partial charge on any atom is 0.323 e. The molecule has 0 aliphatic carbocycles. The molecule has 108 valence electrons. The Hall–Kier alpha value is -2.57. The predicted molar refractivity (Wildman–Crippen MR) is 73.3 cm³/mol. The van der Waals surface area contributed by atoms with E-state index in [4.69, 9.17) is 10.8 Å². The Labute approximate surface area is 116 Å². The highest BCUT2D eigenvalue weighted by Crippen LogP contribution is 2.18. The van der Waals surface area contributed by atoms with Crippen LogP contribution in [0, 0.1) is 13.8 Å². The van der Waals surface area contributed by atoms with Gasteiger partial charge in [-0.25, -0.2) is 4.79 Å². The highest BCUT2D eigenvalue weighted by Gasteiger charge is 2.19. The van der Waals surface area contributed by atoms with E-state index in [-0.39, 0.29) is 0 Å². The molecule has 0 aliphatic rings. The normalized spacial score (nSPS) is 9.90. The van der Waals surface area contributed by atoms with Crippen molar-refractivity contribution in [2.75, 3.05) is 18.4 Å². The Bertz CT molecular complexity index is 526. The summed E-state index contributed by atoms with van der Waals surface area (Å²) in [5.41, 5.74) is 7.42. The first-order valence-corrected chi connectivity index (χ1v) is 5.93. The molecule has 0 saturated heterocycles. The molecule has 0 aliphatic heterocycles. The molecule has 0 heterocycles. The molecular formula is C13H17N3O4. The number of carboxylic acid groups (broad SMARTS) is 1. The Morgan fingerprint density at radius 2 is 1.90 bits per heavy atom. The molecule has 0 radical (unpaired) electrons. The molecule has 0 saturated carbocycles. The quantitative estimate of drug-likeness (QED) is 0.736. The number of nitrogens with two attached hydrogens (primary N) is 1. The number of anilines is 1. The second kappa shape index (κ2) is 6.55. The van der Waals surface area contributed by atoms with Crippen LogP contribution in [-0.4, -0.2) is 41.0 Å². The second-order valence-electron chi connectivity index (χ2n) is 4.39. The number of nitrogens with one attached hydrogen (secondary N) is 1. The van der Waals surface area contributed by atoms with Gasteiger partial charge in [0.25, 0.3) is 0 Å². The van der Waals surface area contributed by atoms with Gasteiger partial charge in [-0.15, -0.1) is 0 Å². The van der Waals surface area contributed by atoms with Crippen LogP contribution in [0.25, 0.3) is 0 Å². The minimum absolute atomic E-state index is 0.455. The number of nitrogens with zero attached hydrogens (tertiary/aromatic N) is 1. The third-order valence-electron chi connectivity index (χ3n) is 2.81. The fourth-order valence-electron chi connectivity index (χ4n) is 1.63. The molecule has 3 amide bonds. The molecule has 20 heavy (non-hydrogen) atoms. The molecule has 0 spiro atoms. The second-order valence-corrected chi connectivity index (χ2v) is 4.39. The first kappa shape index (κ1) is 15.5. The number of carbonyl (C=O) groups is 3. The zero-order chi connectivity index (χ0) is 15.3. The molecule has 4 N–H and O–H groups in total. The molecule has 1 aromatic carbocycles. The predicted octanol–water partition coefficient (Wildman–Crippen LogP) is 0.707. The minimum atomic E-state index is -1.22. The number of amides is 3. The number of carboxylic acids is 1. The lowest BCUT2D eigenvalue weighted by molar-refractivity contribution is -0.137. The van der Waals surface area contributed by atoms with Crippen molar-refractivity contribution >= 4 is 23.6 Å². The lowest BCUT2D eigenvalue weighted by atomic mass is 10.1. The summed E-state index contributed by atoms with van der Waals surface area (Å²) in [6.45, 7) is 2.67. The van der Waals surface area contributed by atoms with Gasteiger partial charge < -0.3 is 21.1 Å². The minimum Gasteiger partial charge on any atom is -0.480 e. The van der Waals surface area contributed by atoms with E-state index in [2.05, 4.69) is 5.32 Å². The number of carbonyl (C=O) groups excluding carboxylic acids is 2. The third-order valence-corrected chi connectivity index (χ3v) is 2.81. The van der Waals surface area contributed by atoms with Crippen LogP contribution < -0.4 is 11.1 Å². The molecule has 0 bridgehead atoms. The summed E-state index contributed by atoms with van der Waals surface area (Å²) in [5, 5.41) is 11.3. The monoisotopic (exact) mass is 279 g/mol. The van der Waals surface area contributed by atoms with Crippen LogP contribution in [0.4, 0.5) is 10.5 Å². The van der Waals surface area contributed by atoms with E-state index in [0.29, 0.717) is 5.69 Å². The van der Waals surface area contributed by atoms with E-state index < -0.39 is 31.0 Å². The van der Waals surface area contributed by atoms with E-state index in [1.165, 1.54) is 0 Å². The van der Waals surface area contributed by atoms with Crippen LogP contribution in [0.3, 0.4) is 0 Å². The van der Waals surface area contributed by atoms with Gasteiger partial charge in [0.1, 0.15) is 13.1 Å². The van der Waals surface area contributed by atoms with Crippen LogP contribution in [0.15, 0.2) is 18.2 Å². The molecule has 7 nitrogen and oxygen atoms in total. The van der Waals surface area contributed by atoms with Crippen molar-refractivity contribution in [3.8, 4) is 0 Å². The highest BCUT2D eigenvalue weighted by molar-refractivity contribution is 5.94. The number of aliphatic carboxylic acids is 1. The van der Waals surface area contributed by atoms with Crippen molar-refractivity contribution in [1.29, 1.82) is 0 Å². The fraction of sp³-hybridized carbons (Fsp3) is 0.308. The standard InChI is InChI=1S/C13H17N3O4/c1-8-4-3-5-10(9(8)2)15-13(20)16(6-11(14)17)7-12(18)19/h3-5H,6-7H2,1-2H3,(H2,14,17)(H,15,20)(H,18,19). The van der Waals surface area contributed by atoms with Gasteiger partial charge in [-0.1, -0.05) is 12.1 Å². The summed E-state index contributed by atoms with van der Waals surface area (Å²) < 4.78 is 0. The molecule has 0 fully saturated rings.